The van der Waals surface area contributed by atoms with Crippen LogP contribution in [0.2, 0.25) is 0 Å². The summed E-state index contributed by atoms with van der Waals surface area (Å²) >= 11 is 0. The van der Waals surface area contributed by atoms with Crippen LogP contribution < -0.4 is 5.32 Å². The summed E-state index contributed by atoms with van der Waals surface area (Å²) in [6.45, 7) is 4.82. The Kier molecular flexibility index (Phi) is 3.54. The van der Waals surface area contributed by atoms with Crippen LogP contribution in [0, 0.1) is 5.92 Å². The van der Waals surface area contributed by atoms with Crippen molar-refractivity contribution >= 4 is 5.95 Å². The predicted octanol–water partition coefficient (Wildman–Crippen LogP) is 3.04. The van der Waals surface area contributed by atoms with Gasteiger partial charge in [0.2, 0.25) is 5.95 Å². The third-order valence-electron chi connectivity index (χ3n) is 5.23. The quantitative estimate of drug-likeness (QED) is 0.944. The fourth-order valence-corrected chi connectivity index (χ4v) is 3.88. The molecular formula is C18H22N4. The highest BCUT2D eigenvalue weighted by Gasteiger charge is 2.39. The first-order valence-electron chi connectivity index (χ1n) is 8.19. The van der Waals surface area contributed by atoms with Crippen LogP contribution in [0.5, 0.6) is 0 Å². The maximum Gasteiger partial charge on any atom is 0.222 e. The minimum atomic E-state index is 0.477. The zero-order chi connectivity index (χ0) is 14.9. The molecule has 22 heavy (non-hydrogen) atoms. The van der Waals surface area contributed by atoms with E-state index in [-0.39, 0.29) is 0 Å². The number of piperidine rings is 3. The van der Waals surface area contributed by atoms with Gasteiger partial charge in [0, 0.05) is 30.0 Å². The van der Waals surface area contributed by atoms with E-state index in [1.54, 1.807) is 0 Å². The Bertz CT molecular complexity index is 615. The zero-order valence-electron chi connectivity index (χ0n) is 12.9. The van der Waals surface area contributed by atoms with E-state index in [4.69, 9.17) is 0 Å². The lowest BCUT2D eigenvalue weighted by Crippen LogP contribution is -2.59. The largest absolute Gasteiger partial charge is 0.350 e. The highest BCUT2D eigenvalue weighted by molar-refractivity contribution is 5.61. The van der Waals surface area contributed by atoms with Crippen molar-refractivity contribution < 1.29 is 0 Å². The molecule has 0 saturated carbocycles. The van der Waals surface area contributed by atoms with Gasteiger partial charge in [0.1, 0.15) is 0 Å². The molecule has 5 rings (SSSR count). The lowest BCUT2D eigenvalue weighted by Gasteiger charge is -2.49. The Morgan fingerprint density at radius 1 is 1.00 bits per heavy atom. The van der Waals surface area contributed by atoms with E-state index in [2.05, 4.69) is 39.2 Å². The first-order valence-corrected chi connectivity index (χ1v) is 8.19. The number of aromatic nitrogens is 2. The molecule has 2 atom stereocenters. The molecule has 2 bridgehead atoms. The number of rotatable bonds is 3. The highest BCUT2D eigenvalue weighted by Crippen LogP contribution is 2.33. The maximum atomic E-state index is 4.53. The standard InChI is InChI=1S/C18H22N4/c1-13-17(15-7-9-22(13)10-8-15)21-18-19-11-16(12-20-18)14-5-3-2-4-6-14/h2-6,11-13,15,17H,7-10H2,1H3,(H,19,20,21). The molecule has 4 heteroatoms. The lowest BCUT2D eigenvalue weighted by molar-refractivity contribution is 0.0455. The fourth-order valence-electron chi connectivity index (χ4n) is 3.88. The van der Waals surface area contributed by atoms with Crippen LogP contribution in [-0.4, -0.2) is 40.0 Å². The Labute approximate surface area is 131 Å². The number of nitrogens with one attached hydrogen (secondary N) is 1. The number of hydrogen-bond acceptors (Lipinski definition) is 4. The maximum absolute atomic E-state index is 4.53. The topological polar surface area (TPSA) is 41.1 Å². The van der Waals surface area contributed by atoms with Gasteiger partial charge in [-0.05, 0) is 44.3 Å². The third-order valence-corrected chi connectivity index (χ3v) is 5.23. The number of fused-ring (bicyclic) bond motifs is 3. The number of hydrogen-bond donors (Lipinski definition) is 1. The van der Waals surface area contributed by atoms with Crippen LogP contribution in [-0.2, 0) is 0 Å². The van der Waals surface area contributed by atoms with Crippen molar-refractivity contribution in [1.29, 1.82) is 0 Å². The fraction of sp³-hybridized carbons (Fsp3) is 0.444. The molecular weight excluding hydrogens is 272 g/mol. The van der Waals surface area contributed by atoms with Gasteiger partial charge >= 0.3 is 0 Å². The highest BCUT2D eigenvalue weighted by atomic mass is 15.2. The van der Waals surface area contributed by atoms with Crippen LogP contribution in [0.1, 0.15) is 19.8 Å². The summed E-state index contributed by atoms with van der Waals surface area (Å²) in [5.41, 5.74) is 2.22. The Morgan fingerprint density at radius 3 is 2.32 bits per heavy atom. The zero-order valence-corrected chi connectivity index (χ0v) is 12.9. The summed E-state index contributed by atoms with van der Waals surface area (Å²) in [6, 6.07) is 11.3. The molecule has 4 heterocycles. The van der Waals surface area contributed by atoms with Gasteiger partial charge in [-0.15, -0.1) is 0 Å². The van der Waals surface area contributed by atoms with E-state index in [1.165, 1.54) is 25.9 Å². The van der Waals surface area contributed by atoms with Gasteiger partial charge in [0.25, 0.3) is 0 Å². The first kappa shape index (κ1) is 13.7. The van der Waals surface area contributed by atoms with Gasteiger partial charge in [-0.25, -0.2) is 9.97 Å². The Hall–Kier alpha value is -1.94. The second kappa shape index (κ2) is 5.69. The molecule has 2 unspecified atom stereocenters. The molecule has 114 valence electrons. The summed E-state index contributed by atoms with van der Waals surface area (Å²) in [4.78, 5) is 11.6. The Morgan fingerprint density at radius 2 is 1.68 bits per heavy atom. The van der Waals surface area contributed by atoms with Gasteiger partial charge in [-0.1, -0.05) is 30.3 Å². The van der Waals surface area contributed by atoms with Crippen molar-refractivity contribution in [2.45, 2.75) is 31.8 Å². The SMILES string of the molecule is CC1C(Nc2ncc(-c3ccccc3)cn2)C2CCN1CC2. The second-order valence-corrected chi connectivity index (χ2v) is 6.45. The monoisotopic (exact) mass is 294 g/mol. The van der Waals surface area contributed by atoms with Crippen LogP contribution in [0.25, 0.3) is 11.1 Å². The van der Waals surface area contributed by atoms with Crippen LogP contribution in [0.4, 0.5) is 5.95 Å². The average Bonchev–Trinajstić information content (AvgIpc) is 2.60. The molecule has 4 nitrogen and oxygen atoms in total. The number of anilines is 1. The summed E-state index contributed by atoms with van der Waals surface area (Å²) < 4.78 is 0. The van der Waals surface area contributed by atoms with E-state index in [9.17, 15) is 0 Å². The van der Waals surface area contributed by atoms with Gasteiger partial charge < -0.3 is 5.32 Å². The smallest absolute Gasteiger partial charge is 0.222 e. The van der Waals surface area contributed by atoms with Crippen LogP contribution in [0.3, 0.4) is 0 Å². The molecule has 1 aromatic carbocycles. The van der Waals surface area contributed by atoms with E-state index < -0.39 is 0 Å². The van der Waals surface area contributed by atoms with Crippen molar-refractivity contribution in [3.63, 3.8) is 0 Å². The Balaban J connectivity index is 1.50. The molecule has 0 aliphatic carbocycles. The average molecular weight is 294 g/mol. The van der Waals surface area contributed by atoms with Gasteiger partial charge in [-0.3, -0.25) is 4.90 Å². The van der Waals surface area contributed by atoms with Crippen molar-refractivity contribution in [1.82, 2.24) is 14.9 Å². The summed E-state index contributed by atoms with van der Waals surface area (Å²) in [5, 5.41) is 3.58. The lowest BCUT2D eigenvalue weighted by atomic mass is 9.79. The number of nitrogens with zero attached hydrogens (tertiary/aromatic N) is 3. The minimum absolute atomic E-state index is 0.477. The molecule has 3 aliphatic heterocycles. The van der Waals surface area contributed by atoms with E-state index in [0.29, 0.717) is 12.1 Å². The van der Waals surface area contributed by atoms with Crippen LogP contribution >= 0.6 is 0 Å². The van der Waals surface area contributed by atoms with E-state index in [0.717, 1.165) is 23.0 Å². The summed E-state index contributed by atoms with van der Waals surface area (Å²) in [7, 11) is 0. The molecule has 3 aliphatic rings. The molecule has 0 spiro atoms. The van der Waals surface area contributed by atoms with Crippen molar-refractivity contribution in [3.8, 4) is 11.1 Å². The summed E-state index contributed by atoms with van der Waals surface area (Å²) in [6.07, 6.45) is 6.42. The predicted molar refractivity (Wildman–Crippen MR) is 88.6 cm³/mol. The molecule has 3 saturated heterocycles. The molecule has 0 radical (unpaired) electrons. The van der Waals surface area contributed by atoms with Crippen LogP contribution in [0.15, 0.2) is 42.7 Å². The normalized spacial score (nSPS) is 30.2. The molecule has 2 aromatic rings. The summed E-state index contributed by atoms with van der Waals surface area (Å²) in [5.74, 6) is 1.52. The van der Waals surface area contributed by atoms with E-state index in [1.807, 2.05) is 30.6 Å². The molecule has 1 N–H and O–H groups in total. The molecule has 0 amide bonds. The van der Waals surface area contributed by atoms with Gasteiger partial charge in [0.05, 0.1) is 0 Å². The third kappa shape index (κ3) is 2.48. The van der Waals surface area contributed by atoms with Gasteiger partial charge in [0.15, 0.2) is 0 Å². The molecule has 3 fully saturated rings. The van der Waals surface area contributed by atoms with Crippen molar-refractivity contribution in [2.75, 3.05) is 18.4 Å². The molecule has 1 aromatic heterocycles. The van der Waals surface area contributed by atoms with Crippen molar-refractivity contribution in [2.24, 2.45) is 5.92 Å². The second-order valence-electron chi connectivity index (χ2n) is 6.45. The first-order chi connectivity index (χ1) is 10.8. The minimum Gasteiger partial charge on any atom is -0.350 e. The van der Waals surface area contributed by atoms with Gasteiger partial charge in [-0.2, -0.15) is 0 Å². The van der Waals surface area contributed by atoms with Crippen molar-refractivity contribution in [3.05, 3.63) is 42.7 Å². The van der Waals surface area contributed by atoms with E-state index >= 15 is 0 Å². The number of benzene rings is 1.